The molecule has 1 amide bonds. The number of nitrogens with zero attached hydrogens (tertiary/aromatic N) is 1. The Bertz CT molecular complexity index is 1000. The molecule has 1 N–H and O–H groups in total. The number of aromatic nitrogens is 1. The minimum atomic E-state index is -0.754. The monoisotopic (exact) mass is 418 g/mol. The van der Waals surface area contributed by atoms with E-state index in [1.54, 1.807) is 32.2 Å². The Morgan fingerprint density at radius 1 is 1.21 bits per heavy atom. The summed E-state index contributed by atoms with van der Waals surface area (Å²) in [4.78, 5) is 13.0. The van der Waals surface area contributed by atoms with Crippen molar-refractivity contribution in [3.63, 3.8) is 0 Å². The highest BCUT2D eigenvalue weighted by molar-refractivity contribution is 6.33. The highest BCUT2D eigenvalue weighted by Crippen LogP contribution is 2.31. The molecule has 0 radical (unpaired) electrons. The minimum absolute atomic E-state index is 0.231. The molecule has 0 spiro atoms. The van der Waals surface area contributed by atoms with Crippen LogP contribution in [-0.2, 0) is 10.3 Å². The average Bonchev–Trinajstić information content (AvgIpc) is 3.07. The van der Waals surface area contributed by atoms with E-state index in [0.29, 0.717) is 32.6 Å². The van der Waals surface area contributed by atoms with E-state index in [-0.39, 0.29) is 12.5 Å². The van der Waals surface area contributed by atoms with Crippen molar-refractivity contribution in [1.82, 2.24) is 10.5 Å². The van der Waals surface area contributed by atoms with Crippen molar-refractivity contribution in [3.8, 4) is 11.3 Å². The molecule has 0 bridgehead atoms. The Morgan fingerprint density at radius 2 is 1.96 bits per heavy atom. The van der Waals surface area contributed by atoms with Gasteiger partial charge in [0.25, 0.3) is 5.91 Å². The highest BCUT2D eigenvalue weighted by atomic mass is 35.5. The van der Waals surface area contributed by atoms with Gasteiger partial charge >= 0.3 is 0 Å². The largest absolute Gasteiger partial charge is 0.372 e. The lowest BCUT2D eigenvalue weighted by atomic mass is 9.95. The van der Waals surface area contributed by atoms with Crippen LogP contribution in [0.15, 0.2) is 53.1 Å². The van der Waals surface area contributed by atoms with Crippen LogP contribution in [0.3, 0.4) is 0 Å². The molecule has 1 unspecified atom stereocenters. The van der Waals surface area contributed by atoms with E-state index in [9.17, 15) is 4.79 Å². The predicted molar refractivity (Wildman–Crippen MR) is 110 cm³/mol. The van der Waals surface area contributed by atoms with Gasteiger partial charge in [-0.1, -0.05) is 58.7 Å². The summed E-state index contributed by atoms with van der Waals surface area (Å²) in [5.74, 6) is 0.0910. The van der Waals surface area contributed by atoms with Gasteiger partial charge in [0.1, 0.15) is 22.6 Å². The van der Waals surface area contributed by atoms with Gasteiger partial charge in [-0.25, -0.2) is 0 Å². The second-order valence-corrected chi connectivity index (χ2v) is 7.41. The molecule has 3 rings (SSSR count). The molecule has 0 fully saturated rings. The van der Waals surface area contributed by atoms with Crippen LogP contribution < -0.4 is 5.32 Å². The van der Waals surface area contributed by atoms with Gasteiger partial charge in [-0.3, -0.25) is 4.79 Å². The lowest BCUT2D eigenvalue weighted by Gasteiger charge is -2.29. The molecular weight excluding hydrogens is 399 g/mol. The van der Waals surface area contributed by atoms with Gasteiger partial charge in [-0.2, -0.15) is 0 Å². The summed E-state index contributed by atoms with van der Waals surface area (Å²) in [5.41, 5.74) is 1.49. The third-order valence-electron chi connectivity index (χ3n) is 4.69. The molecule has 3 aromatic rings. The maximum Gasteiger partial charge on any atom is 0.257 e. The molecule has 28 heavy (non-hydrogen) atoms. The topological polar surface area (TPSA) is 64.4 Å². The number of methoxy groups -OCH3 is 1. The van der Waals surface area contributed by atoms with E-state index in [1.165, 1.54) is 0 Å². The SMILES string of the molecule is COC(C)(CNC(=O)c1c(-c2ccccc2Cl)noc1C)c1cccc(Cl)c1. The predicted octanol–water partition coefficient (Wildman–Crippen LogP) is 5.25. The van der Waals surface area contributed by atoms with E-state index >= 15 is 0 Å². The zero-order valence-electron chi connectivity index (χ0n) is 15.8. The van der Waals surface area contributed by atoms with Crippen molar-refractivity contribution in [3.05, 3.63) is 75.5 Å². The number of benzene rings is 2. The third kappa shape index (κ3) is 4.07. The van der Waals surface area contributed by atoms with Crippen molar-refractivity contribution in [2.75, 3.05) is 13.7 Å². The smallest absolute Gasteiger partial charge is 0.257 e. The van der Waals surface area contributed by atoms with Crippen molar-refractivity contribution in [1.29, 1.82) is 0 Å². The number of hydrogen-bond donors (Lipinski definition) is 1. The third-order valence-corrected chi connectivity index (χ3v) is 5.26. The highest BCUT2D eigenvalue weighted by Gasteiger charge is 2.29. The summed E-state index contributed by atoms with van der Waals surface area (Å²) in [6, 6.07) is 14.5. The molecule has 0 aliphatic rings. The maximum atomic E-state index is 13.0. The molecule has 1 aromatic heterocycles. The van der Waals surface area contributed by atoms with E-state index < -0.39 is 5.60 Å². The van der Waals surface area contributed by atoms with Crippen LogP contribution >= 0.6 is 23.2 Å². The first-order valence-electron chi connectivity index (χ1n) is 8.66. The van der Waals surface area contributed by atoms with Crippen molar-refractivity contribution in [2.45, 2.75) is 19.4 Å². The van der Waals surface area contributed by atoms with Gasteiger partial charge in [0.15, 0.2) is 0 Å². The molecule has 5 nitrogen and oxygen atoms in total. The van der Waals surface area contributed by atoms with E-state index in [2.05, 4.69) is 10.5 Å². The van der Waals surface area contributed by atoms with Gasteiger partial charge in [0.05, 0.1) is 11.6 Å². The van der Waals surface area contributed by atoms with Crippen LogP contribution in [0, 0.1) is 6.92 Å². The molecular formula is C21H20Cl2N2O3. The van der Waals surface area contributed by atoms with Crippen LogP contribution in [0.1, 0.15) is 28.6 Å². The molecule has 1 heterocycles. The number of nitrogens with one attached hydrogen (secondary N) is 1. The zero-order valence-corrected chi connectivity index (χ0v) is 17.3. The van der Waals surface area contributed by atoms with Gasteiger partial charge in [-0.05, 0) is 37.6 Å². The number of carbonyl (C=O) groups excluding carboxylic acids is 1. The molecule has 0 aliphatic carbocycles. The van der Waals surface area contributed by atoms with Gasteiger partial charge in [-0.15, -0.1) is 0 Å². The molecule has 146 valence electrons. The first kappa shape index (κ1) is 20.4. The molecule has 2 aromatic carbocycles. The summed E-state index contributed by atoms with van der Waals surface area (Å²) in [5, 5.41) is 8.04. The van der Waals surface area contributed by atoms with Crippen LogP contribution in [0.4, 0.5) is 0 Å². The van der Waals surface area contributed by atoms with Crippen LogP contribution in [-0.4, -0.2) is 24.7 Å². The molecule has 0 saturated heterocycles. The first-order chi connectivity index (χ1) is 13.4. The fourth-order valence-corrected chi connectivity index (χ4v) is 3.34. The second-order valence-electron chi connectivity index (χ2n) is 6.57. The lowest BCUT2D eigenvalue weighted by Crippen LogP contribution is -2.40. The molecule has 0 saturated carbocycles. The standard InChI is InChI=1S/C21H20Cl2N2O3/c1-13-18(19(25-28-13)16-9-4-5-10-17(16)23)20(26)24-12-21(2,27-3)14-7-6-8-15(22)11-14/h4-11H,12H2,1-3H3,(H,24,26). The normalized spacial score (nSPS) is 13.2. The summed E-state index contributed by atoms with van der Waals surface area (Å²) in [6.07, 6.45) is 0. The first-order valence-corrected chi connectivity index (χ1v) is 9.42. The fraction of sp³-hybridized carbons (Fsp3) is 0.238. The van der Waals surface area contributed by atoms with Gasteiger partial charge in [0.2, 0.25) is 0 Å². The van der Waals surface area contributed by atoms with Crippen molar-refractivity contribution < 1.29 is 14.1 Å². The van der Waals surface area contributed by atoms with Crippen molar-refractivity contribution >= 4 is 29.1 Å². The fourth-order valence-electron chi connectivity index (χ4n) is 2.92. The number of aryl methyl sites for hydroxylation is 1. The Labute approximate surface area is 173 Å². The summed E-state index contributed by atoms with van der Waals surface area (Å²) in [6.45, 7) is 3.80. The maximum absolute atomic E-state index is 13.0. The van der Waals surface area contributed by atoms with E-state index in [1.807, 2.05) is 37.3 Å². The quantitative estimate of drug-likeness (QED) is 0.593. The number of ether oxygens (including phenoxy) is 1. The number of amides is 1. The molecule has 0 aliphatic heterocycles. The number of halogens is 2. The number of carbonyl (C=O) groups is 1. The zero-order chi connectivity index (χ0) is 20.3. The Balaban J connectivity index is 1.86. The molecule has 7 heteroatoms. The van der Waals surface area contributed by atoms with E-state index in [4.69, 9.17) is 32.5 Å². The summed E-state index contributed by atoms with van der Waals surface area (Å²) >= 11 is 12.4. The summed E-state index contributed by atoms with van der Waals surface area (Å²) in [7, 11) is 1.59. The Kier molecular flexibility index (Phi) is 6.08. The lowest BCUT2D eigenvalue weighted by molar-refractivity contribution is 0.00314. The van der Waals surface area contributed by atoms with Gasteiger partial charge in [0, 0.05) is 17.7 Å². The summed E-state index contributed by atoms with van der Waals surface area (Å²) < 4.78 is 10.9. The van der Waals surface area contributed by atoms with Crippen LogP contribution in [0.25, 0.3) is 11.3 Å². The minimum Gasteiger partial charge on any atom is -0.372 e. The van der Waals surface area contributed by atoms with Crippen LogP contribution in [0.5, 0.6) is 0 Å². The molecule has 1 atom stereocenters. The number of rotatable bonds is 6. The van der Waals surface area contributed by atoms with Crippen LogP contribution in [0.2, 0.25) is 10.0 Å². The Morgan fingerprint density at radius 3 is 2.64 bits per heavy atom. The van der Waals surface area contributed by atoms with E-state index in [0.717, 1.165) is 5.56 Å². The average molecular weight is 419 g/mol. The number of hydrogen-bond acceptors (Lipinski definition) is 4. The second kappa shape index (κ2) is 8.35. The Hall–Kier alpha value is -2.34. The van der Waals surface area contributed by atoms with Gasteiger partial charge < -0.3 is 14.6 Å². The van der Waals surface area contributed by atoms with Crippen molar-refractivity contribution in [2.24, 2.45) is 0 Å².